The molecule has 4 aliphatic rings. The van der Waals surface area contributed by atoms with Crippen molar-refractivity contribution in [2.75, 3.05) is 4.90 Å². The number of amides is 2. The maximum atomic E-state index is 14.0. The minimum absolute atomic E-state index is 0.164. The summed E-state index contributed by atoms with van der Waals surface area (Å²) in [7, 11) is 0. The molecule has 2 bridgehead atoms. The topological polar surface area (TPSA) is 80.5 Å². The average Bonchev–Trinajstić information content (AvgIpc) is 3.09. The van der Waals surface area contributed by atoms with Gasteiger partial charge in [0.05, 0.1) is 31.1 Å². The standard InChI is InChI=1S/C25H16Br2N2O4/c1-13-10-11-14(29(32)33)12-19(13)28-22(30)20-21(23(28)31)25(27)16-7-3-2-6-15(16)24(20,26)17-8-4-5-9-18(17)25/h2-12,20-21H,1H3. The second-order valence-electron chi connectivity index (χ2n) is 8.71. The predicted molar refractivity (Wildman–Crippen MR) is 130 cm³/mol. The average molecular weight is 568 g/mol. The number of nitrogens with zero attached hydrogens (tertiary/aromatic N) is 2. The summed E-state index contributed by atoms with van der Waals surface area (Å²) in [5, 5.41) is 11.4. The van der Waals surface area contributed by atoms with E-state index in [1.54, 1.807) is 13.0 Å². The normalized spacial score (nSPS) is 29.0. The summed E-state index contributed by atoms with van der Waals surface area (Å²) in [6.07, 6.45) is 0. The van der Waals surface area contributed by atoms with Crippen LogP contribution in [0.4, 0.5) is 11.4 Å². The fourth-order valence-corrected chi connectivity index (χ4v) is 8.16. The zero-order valence-corrected chi connectivity index (χ0v) is 20.5. The van der Waals surface area contributed by atoms with Crippen LogP contribution in [0.3, 0.4) is 0 Å². The molecule has 3 aromatic carbocycles. The fourth-order valence-electron chi connectivity index (χ4n) is 5.86. The number of carbonyl (C=O) groups is 2. The number of nitro benzene ring substituents is 1. The van der Waals surface area contributed by atoms with Crippen LogP contribution in [0.5, 0.6) is 0 Å². The highest BCUT2D eigenvalue weighted by molar-refractivity contribution is 9.10. The van der Waals surface area contributed by atoms with E-state index in [4.69, 9.17) is 0 Å². The SMILES string of the molecule is Cc1ccc([N+](=O)[O-])cc1N1C(=O)C2C(C1=O)C1(Br)c3ccccc3C2(Br)c2ccccc21. The summed E-state index contributed by atoms with van der Waals surface area (Å²) in [6.45, 7) is 1.74. The van der Waals surface area contributed by atoms with Gasteiger partial charge in [0.2, 0.25) is 11.8 Å². The molecule has 7 rings (SSSR count). The van der Waals surface area contributed by atoms with Gasteiger partial charge in [-0.25, -0.2) is 4.90 Å². The molecular weight excluding hydrogens is 552 g/mol. The first kappa shape index (κ1) is 20.7. The molecule has 0 saturated carbocycles. The molecule has 6 nitrogen and oxygen atoms in total. The third-order valence-corrected chi connectivity index (χ3v) is 9.92. The Morgan fingerprint density at radius 2 is 1.24 bits per heavy atom. The van der Waals surface area contributed by atoms with Crippen molar-refractivity contribution in [2.24, 2.45) is 11.8 Å². The van der Waals surface area contributed by atoms with Crippen LogP contribution in [0, 0.1) is 28.9 Å². The number of nitro groups is 1. The largest absolute Gasteiger partial charge is 0.274 e. The second-order valence-corrected chi connectivity index (χ2v) is 11.2. The Labute approximate surface area is 206 Å². The van der Waals surface area contributed by atoms with E-state index in [0.29, 0.717) is 5.56 Å². The van der Waals surface area contributed by atoms with Crippen molar-refractivity contribution in [2.45, 2.75) is 15.6 Å². The molecule has 1 saturated heterocycles. The van der Waals surface area contributed by atoms with Crippen LogP contribution in [-0.4, -0.2) is 16.7 Å². The summed E-state index contributed by atoms with van der Waals surface area (Å²) < 4.78 is -1.78. The van der Waals surface area contributed by atoms with Crippen molar-refractivity contribution in [3.05, 3.63) is 105 Å². The van der Waals surface area contributed by atoms with Gasteiger partial charge >= 0.3 is 0 Å². The number of hydrogen-bond acceptors (Lipinski definition) is 4. The van der Waals surface area contributed by atoms with E-state index in [2.05, 4.69) is 31.9 Å². The molecule has 8 heteroatoms. The molecule has 1 fully saturated rings. The minimum atomic E-state index is -0.892. The first-order valence-corrected chi connectivity index (χ1v) is 12.0. The quantitative estimate of drug-likeness (QED) is 0.182. The Kier molecular flexibility index (Phi) is 4.15. The highest BCUT2D eigenvalue weighted by atomic mass is 79.9. The summed E-state index contributed by atoms with van der Waals surface area (Å²) in [5.74, 6) is -2.16. The third-order valence-electron chi connectivity index (χ3n) is 7.23. The van der Waals surface area contributed by atoms with E-state index in [1.807, 2.05) is 48.5 Å². The van der Waals surface area contributed by atoms with Crippen molar-refractivity contribution < 1.29 is 14.5 Å². The molecule has 0 aromatic heterocycles. The van der Waals surface area contributed by atoms with Crippen LogP contribution in [0.15, 0.2) is 66.7 Å². The Morgan fingerprint density at radius 3 is 1.64 bits per heavy atom. The summed E-state index contributed by atoms with van der Waals surface area (Å²) in [6, 6.07) is 20.0. The zero-order valence-electron chi connectivity index (χ0n) is 17.3. The molecule has 2 atom stereocenters. The lowest BCUT2D eigenvalue weighted by atomic mass is 9.54. The van der Waals surface area contributed by atoms with Gasteiger partial charge in [-0.1, -0.05) is 86.5 Å². The Hall–Kier alpha value is -2.84. The van der Waals surface area contributed by atoms with Gasteiger partial charge in [-0.15, -0.1) is 0 Å². The number of alkyl halides is 2. The second kappa shape index (κ2) is 6.61. The molecule has 164 valence electrons. The smallest absolute Gasteiger partial charge is 0.271 e. The Bertz CT molecular complexity index is 1300. The van der Waals surface area contributed by atoms with Crippen molar-refractivity contribution in [3.8, 4) is 0 Å². The number of hydrogen-bond donors (Lipinski definition) is 0. The fraction of sp³-hybridized carbons (Fsp3) is 0.200. The molecule has 0 radical (unpaired) electrons. The van der Waals surface area contributed by atoms with E-state index in [0.717, 1.165) is 27.2 Å². The lowest BCUT2D eigenvalue weighted by Crippen LogP contribution is -2.56. The van der Waals surface area contributed by atoms with E-state index >= 15 is 0 Å². The van der Waals surface area contributed by atoms with Gasteiger partial charge in [0.25, 0.3) is 5.69 Å². The van der Waals surface area contributed by atoms with Gasteiger partial charge in [0, 0.05) is 12.1 Å². The summed E-state index contributed by atoms with van der Waals surface area (Å²) in [4.78, 5) is 40.1. The lowest BCUT2D eigenvalue weighted by Gasteiger charge is -2.55. The molecule has 2 unspecified atom stereocenters. The predicted octanol–water partition coefficient (Wildman–Crippen LogP) is 5.31. The van der Waals surface area contributed by atoms with Gasteiger partial charge in [-0.2, -0.15) is 0 Å². The first-order chi connectivity index (χ1) is 15.7. The van der Waals surface area contributed by atoms with Crippen molar-refractivity contribution in [1.29, 1.82) is 0 Å². The van der Waals surface area contributed by atoms with Gasteiger partial charge in [0.1, 0.15) is 0 Å². The van der Waals surface area contributed by atoms with Crippen LogP contribution in [0.2, 0.25) is 0 Å². The van der Waals surface area contributed by atoms with Crippen LogP contribution in [0.1, 0.15) is 27.8 Å². The van der Waals surface area contributed by atoms with Crippen LogP contribution in [-0.2, 0) is 18.2 Å². The maximum absolute atomic E-state index is 14.0. The Balaban J connectivity index is 1.64. The van der Waals surface area contributed by atoms with Crippen molar-refractivity contribution in [1.82, 2.24) is 0 Å². The highest BCUT2D eigenvalue weighted by Gasteiger charge is 2.72. The molecule has 1 heterocycles. The van der Waals surface area contributed by atoms with E-state index in [-0.39, 0.29) is 23.2 Å². The van der Waals surface area contributed by atoms with Crippen molar-refractivity contribution in [3.63, 3.8) is 0 Å². The first-order valence-electron chi connectivity index (χ1n) is 10.4. The number of imide groups is 1. The Morgan fingerprint density at radius 1 is 0.818 bits per heavy atom. The number of carbonyl (C=O) groups excluding carboxylic acids is 2. The third kappa shape index (κ3) is 2.33. The van der Waals surface area contributed by atoms with Gasteiger partial charge < -0.3 is 0 Å². The molecule has 0 N–H and O–H groups in total. The van der Waals surface area contributed by atoms with Crippen LogP contribution >= 0.6 is 31.9 Å². The van der Waals surface area contributed by atoms with Crippen molar-refractivity contribution >= 4 is 55.0 Å². The molecule has 3 aliphatic carbocycles. The van der Waals surface area contributed by atoms with Gasteiger partial charge in [-0.3, -0.25) is 19.7 Å². The molecule has 33 heavy (non-hydrogen) atoms. The van der Waals surface area contributed by atoms with Gasteiger partial charge in [-0.05, 0) is 34.7 Å². The minimum Gasteiger partial charge on any atom is -0.274 e. The summed E-state index contributed by atoms with van der Waals surface area (Å²) in [5.41, 5.74) is 4.49. The molecular formula is C25H16Br2N2O4. The zero-order chi connectivity index (χ0) is 23.3. The highest BCUT2D eigenvalue weighted by Crippen LogP contribution is 2.70. The monoisotopic (exact) mass is 566 g/mol. The van der Waals surface area contributed by atoms with Crippen LogP contribution in [0.25, 0.3) is 0 Å². The number of anilines is 1. The van der Waals surface area contributed by atoms with Gasteiger partial charge in [0.15, 0.2) is 0 Å². The van der Waals surface area contributed by atoms with E-state index < -0.39 is 25.4 Å². The molecule has 0 spiro atoms. The number of rotatable bonds is 2. The molecule has 3 aromatic rings. The maximum Gasteiger partial charge on any atom is 0.271 e. The number of benzene rings is 3. The lowest BCUT2D eigenvalue weighted by molar-refractivity contribution is -0.384. The van der Waals surface area contributed by atoms with Crippen LogP contribution < -0.4 is 4.90 Å². The number of halogens is 2. The molecule has 2 amide bonds. The van der Waals surface area contributed by atoms with E-state index in [1.165, 1.54) is 12.1 Å². The number of non-ortho nitro benzene ring substituents is 1. The molecule has 1 aliphatic heterocycles. The van der Waals surface area contributed by atoms with E-state index in [9.17, 15) is 19.7 Å². The number of aryl methyl sites for hydroxylation is 1. The summed E-state index contributed by atoms with van der Waals surface area (Å²) >= 11 is 7.91.